The highest BCUT2D eigenvalue weighted by atomic mass is 32.1. The van der Waals surface area contributed by atoms with Crippen molar-refractivity contribution in [3.05, 3.63) is 60.7 Å². The van der Waals surface area contributed by atoms with Gasteiger partial charge in [-0.15, -0.1) is 10.2 Å². The smallest absolute Gasteiger partial charge is 0.248 e. The molecule has 2 fully saturated rings. The van der Waals surface area contributed by atoms with Gasteiger partial charge in [0.15, 0.2) is 0 Å². The van der Waals surface area contributed by atoms with Gasteiger partial charge < -0.3 is 46.8 Å². The van der Waals surface area contributed by atoms with Crippen molar-refractivity contribution in [2.75, 3.05) is 37.8 Å². The van der Waals surface area contributed by atoms with Crippen LogP contribution in [0.2, 0.25) is 0 Å². The molecule has 7 N–H and O–H groups in total. The Hall–Kier alpha value is -5.74. The van der Waals surface area contributed by atoms with Crippen LogP contribution in [-0.2, 0) is 28.8 Å². The fourth-order valence-electron chi connectivity index (χ4n) is 7.18. The Balaban J connectivity index is 0.000000241. The van der Waals surface area contributed by atoms with Gasteiger partial charge in [0.2, 0.25) is 35.4 Å². The average molecular weight is 919 g/mol. The van der Waals surface area contributed by atoms with E-state index in [0.29, 0.717) is 60.2 Å². The van der Waals surface area contributed by atoms with E-state index in [-0.39, 0.29) is 23.6 Å². The van der Waals surface area contributed by atoms with Crippen LogP contribution in [0.5, 0.6) is 0 Å². The highest BCUT2D eigenvalue weighted by molar-refractivity contribution is 7.11. The molecule has 0 bridgehead atoms. The number of likely N-dealkylation sites (N-methyl/N-ethyl adjacent to an activating group) is 2. The third-order valence-corrected chi connectivity index (χ3v) is 12.4. The van der Waals surface area contributed by atoms with Gasteiger partial charge in [-0.05, 0) is 73.9 Å². The lowest BCUT2D eigenvalue weighted by Crippen LogP contribution is -2.62. The summed E-state index contributed by atoms with van der Waals surface area (Å²) in [4.78, 5) is 80.3. The molecule has 4 heterocycles. The van der Waals surface area contributed by atoms with E-state index >= 15 is 0 Å². The van der Waals surface area contributed by atoms with Gasteiger partial charge in [0.1, 0.15) is 45.6 Å². The molecule has 21 heteroatoms. The van der Waals surface area contributed by atoms with Crippen LogP contribution >= 0.6 is 23.1 Å². The molecule has 4 aromatic rings. The molecule has 0 radical (unpaired) electrons. The Kier molecular flexibility index (Phi) is 17.5. The second kappa shape index (κ2) is 22.7. The minimum absolute atomic E-state index is 0.234. The number of aromatic nitrogens is 4. The fraction of sp³-hybridized carbons (Fsp3) is 0.488. The van der Waals surface area contributed by atoms with Crippen molar-refractivity contribution in [1.82, 2.24) is 50.2 Å². The number of amides is 6. The summed E-state index contributed by atoms with van der Waals surface area (Å²) in [5.41, 5.74) is 1.33. The fourth-order valence-corrected chi connectivity index (χ4v) is 8.37. The van der Waals surface area contributed by atoms with Crippen LogP contribution in [0, 0.1) is 0 Å². The molecule has 6 atom stereocenters. The Labute approximate surface area is 380 Å². The second-order valence-electron chi connectivity index (χ2n) is 16.1. The van der Waals surface area contributed by atoms with Crippen LogP contribution in [0.4, 0.5) is 10.0 Å². The molecule has 0 spiro atoms. The number of carbonyl (C=O) groups is 6. The van der Waals surface area contributed by atoms with E-state index in [1.165, 1.54) is 18.7 Å². The van der Waals surface area contributed by atoms with E-state index in [4.69, 9.17) is 0 Å². The van der Waals surface area contributed by atoms with Crippen LogP contribution < -0.4 is 31.9 Å². The first-order chi connectivity index (χ1) is 30.6. The molecule has 2 aliphatic rings. The molecule has 2 aliphatic heterocycles. The average Bonchev–Trinajstić information content (AvgIpc) is 4.15. The third-order valence-electron chi connectivity index (χ3n) is 11.1. The van der Waals surface area contributed by atoms with Gasteiger partial charge in [-0.25, -0.2) is 0 Å². The molecule has 0 aliphatic carbocycles. The Morgan fingerprint density at radius 3 is 1.53 bits per heavy atom. The third kappa shape index (κ3) is 12.3. The van der Waals surface area contributed by atoms with Crippen molar-refractivity contribution in [1.29, 1.82) is 0 Å². The van der Waals surface area contributed by atoms with Crippen LogP contribution in [0.1, 0.15) is 66.7 Å². The molecular weight excluding hydrogens is 861 g/mol. The number of nitrogens with one attached hydrogen (secondary N) is 6. The van der Waals surface area contributed by atoms with Crippen LogP contribution in [0.15, 0.2) is 60.7 Å². The zero-order chi connectivity index (χ0) is 46.6. The summed E-state index contributed by atoms with van der Waals surface area (Å²) in [5.74, 6) is -2.01. The SMILES string of the molecule is CC[C@H](NC(=O)[C@H](C)NC)C(=O)N1CCC[C@H]1C(=O)Nc1snnc1-c1ccccc1.CN[C@@H](C)C(=O)N[C@H](C(=O)N1CCC[C@H]1C(=O)Nc1snnc1-c1ccccc1)C(C)(C)O. The number of anilines is 2. The topological polar surface area (TPSA) is 253 Å². The Morgan fingerprint density at radius 1 is 0.703 bits per heavy atom. The van der Waals surface area contributed by atoms with Gasteiger partial charge in [-0.2, -0.15) is 0 Å². The van der Waals surface area contributed by atoms with Crippen LogP contribution in [-0.4, -0.2) is 139 Å². The summed E-state index contributed by atoms with van der Waals surface area (Å²) in [6, 6.07) is 14.7. The van der Waals surface area contributed by atoms with E-state index in [9.17, 15) is 33.9 Å². The zero-order valence-corrected chi connectivity index (χ0v) is 38.7. The molecule has 6 rings (SSSR count). The summed E-state index contributed by atoms with van der Waals surface area (Å²) in [6.07, 6.45) is 2.86. The first-order valence-corrected chi connectivity index (χ1v) is 22.8. The number of carbonyl (C=O) groups excluding carboxylic acids is 6. The molecule has 64 heavy (non-hydrogen) atoms. The highest BCUT2D eigenvalue weighted by Crippen LogP contribution is 2.32. The minimum Gasteiger partial charge on any atom is -0.388 e. The Bertz CT molecular complexity index is 2220. The largest absolute Gasteiger partial charge is 0.388 e. The zero-order valence-electron chi connectivity index (χ0n) is 37.1. The second-order valence-corrected chi connectivity index (χ2v) is 17.6. The first-order valence-electron chi connectivity index (χ1n) is 21.2. The number of hydrogen-bond acceptors (Lipinski definition) is 15. The van der Waals surface area contributed by atoms with Gasteiger partial charge in [-0.1, -0.05) is 76.6 Å². The lowest BCUT2D eigenvalue weighted by atomic mass is 9.96. The lowest BCUT2D eigenvalue weighted by Gasteiger charge is -2.34. The molecule has 0 saturated carbocycles. The summed E-state index contributed by atoms with van der Waals surface area (Å²) >= 11 is 2.17. The van der Waals surface area contributed by atoms with Crippen molar-refractivity contribution in [3.63, 3.8) is 0 Å². The number of hydrogen-bond donors (Lipinski definition) is 7. The van der Waals surface area contributed by atoms with Crippen molar-refractivity contribution in [3.8, 4) is 22.5 Å². The van der Waals surface area contributed by atoms with E-state index in [0.717, 1.165) is 40.6 Å². The van der Waals surface area contributed by atoms with Gasteiger partial charge >= 0.3 is 0 Å². The van der Waals surface area contributed by atoms with E-state index in [2.05, 4.69) is 51.1 Å². The maximum atomic E-state index is 13.4. The lowest BCUT2D eigenvalue weighted by molar-refractivity contribution is -0.146. The maximum Gasteiger partial charge on any atom is 0.248 e. The molecule has 2 aromatic carbocycles. The number of likely N-dealkylation sites (tertiary alicyclic amines) is 2. The van der Waals surface area contributed by atoms with Crippen molar-refractivity contribution >= 4 is 68.5 Å². The summed E-state index contributed by atoms with van der Waals surface area (Å²) < 4.78 is 7.93. The monoisotopic (exact) mass is 918 g/mol. The standard InChI is InChI=1S/C22H30N6O4S.C21H28N6O3S/c1-13(23-4)18(29)24-17(22(2,3)32)21(31)28-12-8-11-15(28)19(30)25-20-16(26-27-33-20)14-9-6-5-7-10-14;1-4-15(23-18(28)13(2)22-3)21(30)27-12-8-11-16(27)19(29)24-20-17(25-26-31-20)14-9-6-5-7-10-14/h5-7,9-10,13,15,17,23,32H,8,11-12H2,1-4H3,(H,24,29)(H,25,30);5-7,9-10,13,15-16,22H,4,8,11-12H2,1-3H3,(H,23,28)(H,24,29)/t13-,15-,17+;13-,15-,16-/m00/s1. The molecule has 2 aromatic heterocycles. The molecule has 0 unspecified atom stereocenters. The molecular formula is C43H58N12O7S2. The van der Waals surface area contributed by atoms with E-state index < -0.39 is 53.7 Å². The molecule has 344 valence electrons. The summed E-state index contributed by atoms with van der Waals surface area (Å²) in [7, 11) is 3.32. The van der Waals surface area contributed by atoms with Crippen LogP contribution in [0.3, 0.4) is 0 Å². The molecule has 2 saturated heterocycles. The van der Waals surface area contributed by atoms with Gasteiger partial charge in [-0.3, -0.25) is 28.8 Å². The molecule has 6 amide bonds. The minimum atomic E-state index is -1.52. The van der Waals surface area contributed by atoms with E-state index in [1.54, 1.807) is 32.8 Å². The first kappa shape index (κ1) is 49.3. The quantitative estimate of drug-likeness (QED) is 0.0855. The van der Waals surface area contributed by atoms with Crippen molar-refractivity contribution in [2.45, 2.75) is 109 Å². The van der Waals surface area contributed by atoms with Gasteiger partial charge in [0.05, 0.1) is 17.7 Å². The maximum absolute atomic E-state index is 13.4. The van der Waals surface area contributed by atoms with Gasteiger partial charge in [0, 0.05) is 47.3 Å². The van der Waals surface area contributed by atoms with Crippen molar-refractivity contribution < 1.29 is 33.9 Å². The predicted octanol–water partition coefficient (Wildman–Crippen LogP) is 2.64. The van der Waals surface area contributed by atoms with Crippen LogP contribution in [0.25, 0.3) is 22.5 Å². The van der Waals surface area contributed by atoms with Gasteiger partial charge in [0.25, 0.3) is 0 Å². The van der Waals surface area contributed by atoms with Crippen molar-refractivity contribution in [2.24, 2.45) is 0 Å². The summed E-state index contributed by atoms with van der Waals surface area (Å²) in [5, 5.41) is 36.8. The number of nitrogens with zero attached hydrogens (tertiary/aromatic N) is 6. The predicted molar refractivity (Wildman–Crippen MR) is 245 cm³/mol. The number of aliphatic hydroxyl groups is 1. The highest BCUT2D eigenvalue weighted by Gasteiger charge is 2.44. The molecule has 19 nitrogen and oxygen atoms in total. The Morgan fingerprint density at radius 2 is 1.12 bits per heavy atom. The summed E-state index contributed by atoms with van der Waals surface area (Å²) in [6.45, 7) is 8.98. The number of rotatable bonds is 16. The normalized spacial score (nSPS) is 17.9. The number of benzene rings is 2. The van der Waals surface area contributed by atoms with E-state index in [1.807, 2.05) is 67.6 Å².